The summed E-state index contributed by atoms with van der Waals surface area (Å²) in [6, 6.07) is 36.1. The van der Waals surface area contributed by atoms with Crippen LogP contribution in [0.15, 0.2) is 115 Å². The summed E-state index contributed by atoms with van der Waals surface area (Å²) in [4.78, 5) is 0. The summed E-state index contributed by atoms with van der Waals surface area (Å²) >= 11 is 0. The minimum atomic E-state index is -0.228. The van der Waals surface area contributed by atoms with Gasteiger partial charge in [0.25, 0.3) is 0 Å². The molecular weight excluding hydrogens is 384 g/mol. The summed E-state index contributed by atoms with van der Waals surface area (Å²) in [5.74, 6) is 0.524. The summed E-state index contributed by atoms with van der Waals surface area (Å²) in [5.41, 5.74) is 13.8. The molecule has 0 amide bonds. The molecule has 1 unspecified atom stereocenters. The van der Waals surface area contributed by atoms with Crippen molar-refractivity contribution in [2.75, 3.05) is 0 Å². The van der Waals surface area contributed by atoms with Crippen LogP contribution in [0.5, 0.6) is 0 Å². The van der Waals surface area contributed by atoms with E-state index in [2.05, 4.69) is 116 Å². The summed E-state index contributed by atoms with van der Waals surface area (Å²) in [6.45, 7) is 2.39. The lowest BCUT2D eigenvalue weighted by molar-refractivity contribution is 0.731. The average molecular weight is 409 g/mol. The summed E-state index contributed by atoms with van der Waals surface area (Å²) < 4.78 is 0. The van der Waals surface area contributed by atoms with E-state index in [-0.39, 0.29) is 5.41 Å². The van der Waals surface area contributed by atoms with Crippen molar-refractivity contribution in [3.8, 4) is 22.3 Å². The maximum absolute atomic E-state index is 2.47. The van der Waals surface area contributed by atoms with Crippen LogP contribution in [0.25, 0.3) is 27.8 Å². The van der Waals surface area contributed by atoms with Gasteiger partial charge in [0, 0.05) is 0 Å². The van der Waals surface area contributed by atoms with E-state index in [0.29, 0.717) is 5.92 Å². The molecule has 3 aliphatic carbocycles. The van der Waals surface area contributed by atoms with Gasteiger partial charge in [-0.3, -0.25) is 0 Å². The van der Waals surface area contributed by atoms with Crippen molar-refractivity contribution in [2.24, 2.45) is 5.92 Å². The van der Waals surface area contributed by atoms with Gasteiger partial charge in [0.2, 0.25) is 0 Å². The van der Waals surface area contributed by atoms with Gasteiger partial charge in [-0.15, -0.1) is 0 Å². The second-order valence-corrected chi connectivity index (χ2v) is 9.33. The molecule has 0 saturated heterocycles. The van der Waals surface area contributed by atoms with Crippen molar-refractivity contribution < 1.29 is 0 Å². The Morgan fingerprint density at radius 3 is 2.00 bits per heavy atom. The average Bonchev–Trinajstić information content (AvgIpc) is 3.32. The monoisotopic (exact) mass is 408 g/mol. The Balaban J connectivity index is 1.63. The fourth-order valence-electron chi connectivity index (χ4n) is 6.46. The zero-order valence-corrected chi connectivity index (χ0v) is 18.2. The number of allylic oxidation sites excluding steroid dienone is 4. The smallest absolute Gasteiger partial charge is 0.0722 e. The molecule has 1 atom stereocenters. The lowest BCUT2D eigenvalue weighted by atomic mass is 9.68. The van der Waals surface area contributed by atoms with E-state index < -0.39 is 0 Å². The molecule has 0 nitrogen and oxygen atoms in total. The van der Waals surface area contributed by atoms with E-state index in [4.69, 9.17) is 0 Å². The lowest BCUT2D eigenvalue weighted by Crippen LogP contribution is -2.27. The molecule has 3 aliphatic rings. The number of hydrogen-bond acceptors (Lipinski definition) is 0. The maximum Gasteiger partial charge on any atom is 0.0722 e. The lowest BCUT2D eigenvalue weighted by Gasteiger charge is -2.33. The van der Waals surface area contributed by atoms with Crippen LogP contribution in [0.2, 0.25) is 0 Å². The minimum Gasteiger partial charge on any atom is -0.0836 e. The number of fused-ring (bicyclic) bond motifs is 9. The Kier molecular flexibility index (Phi) is 3.62. The van der Waals surface area contributed by atoms with Gasteiger partial charge in [-0.05, 0) is 74.1 Å². The van der Waals surface area contributed by atoms with Crippen molar-refractivity contribution in [3.05, 3.63) is 137 Å². The molecule has 0 bridgehead atoms. The molecule has 7 rings (SSSR count). The summed E-state index contributed by atoms with van der Waals surface area (Å²) in [5, 5.41) is 0. The van der Waals surface area contributed by atoms with Crippen LogP contribution in [0.4, 0.5) is 0 Å². The summed E-state index contributed by atoms with van der Waals surface area (Å²) in [7, 11) is 0. The first-order valence-corrected chi connectivity index (χ1v) is 11.6. The Labute approximate surface area is 189 Å². The van der Waals surface area contributed by atoms with Crippen molar-refractivity contribution in [1.29, 1.82) is 0 Å². The maximum atomic E-state index is 2.47. The first-order chi connectivity index (χ1) is 15.8. The normalized spacial score (nSPS) is 19.0. The van der Waals surface area contributed by atoms with Gasteiger partial charge in [-0.1, -0.05) is 110 Å². The standard InChI is InChI=1S/C32H24/c1-21-10-9-17-29-31(21)26-19-18-23(22-11-3-2-4-12-22)20-30(26)32(29)27-15-7-5-13-24(27)25-14-6-8-16-28(25)32/h2-9,11-21H,10H2,1H3. The van der Waals surface area contributed by atoms with Crippen molar-refractivity contribution in [3.63, 3.8) is 0 Å². The first kappa shape index (κ1) is 18.0. The van der Waals surface area contributed by atoms with Crippen LogP contribution in [0.1, 0.15) is 35.6 Å². The van der Waals surface area contributed by atoms with Gasteiger partial charge in [0.05, 0.1) is 5.41 Å². The SMILES string of the molecule is CC1CC=CC2=C1c1ccc(-c3ccccc3)cc1C21c2ccccc2-c2ccccc21. The molecule has 4 aromatic rings. The van der Waals surface area contributed by atoms with Crippen LogP contribution in [0, 0.1) is 5.92 Å². The highest BCUT2D eigenvalue weighted by Crippen LogP contribution is 2.64. The minimum absolute atomic E-state index is 0.228. The van der Waals surface area contributed by atoms with Gasteiger partial charge in [0.1, 0.15) is 0 Å². The summed E-state index contributed by atoms with van der Waals surface area (Å²) in [6.07, 6.45) is 5.92. The zero-order valence-electron chi connectivity index (χ0n) is 18.2. The third-order valence-electron chi connectivity index (χ3n) is 7.73. The molecule has 0 aliphatic heterocycles. The second kappa shape index (κ2) is 6.43. The van der Waals surface area contributed by atoms with Gasteiger partial charge >= 0.3 is 0 Å². The number of benzene rings is 4. The van der Waals surface area contributed by atoms with Crippen molar-refractivity contribution >= 4 is 5.57 Å². The van der Waals surface area contributed by atoms with E-state index in [1.807, 2.05) is 0 Å². The second-order valence-electron chi connectivity index (χ2n) is 9.33. The molecule has 0 heteroatoms. The fraction of sp³-hybridized carbons (Fsp3) is 0.125. The molecule has 32 heavy (non-hydrogen) atoms. The highest BCUT2D eigenvalue weighted by molar-refractivity contribution is 5.97. The van der Waals surface area contributed by atoms with Crippen LogP contribution in [0.3, 0.4) is 0 Å². The Morgan fingerprint density at radius 2 is 1.28 bits per heavy atom. The zero-order chi connectivity index (χ0) is 21.3. The van der Waals surface area contributed by atoms with Gasteiger partial charge in [-0.2, -0.15) is 0 Å². The number of rotatable bonds is 1. The predicted octanol–water partition coefficient (Wildman–Crippen LogP) is 8.03. The topological polar surface area (TPSA) is 0 Å². The Morgan fingerprint density at radius 1 is 0.625 bits per heavy atom. The van der Waals surface area contributed by atoms with E-state index in [1.54, 1.807) is 0 Å². The van der Waals surface area contributed by atoms with E-state index in [9.17, 15) is 0 Å². The van der Waals surface area contributed by atoms with Crippen LogP contribution in [-0.2, 0) is 5.41 Å². The molecule has 1 spiro atoms. The molecule has 0 heterocycles. The van der Waals surface area contributed by atoms with E-state index in [0.717, 1.165) is 6.42 Å². The van der Waals surface area contributed by atoms with Crippen LogP contribution >= 0.6 is 0 Å². The highest BCUT2D eigenvalue weighted by atomic mass is 14.5. The largest absolute Gasteiger partial charge is 0.0836 e. The molecule has 152 valence electrons. The van der Waals surface area contributed by atoms with Crippen molar-refractivity contribution in [1.82, 2.24) is 0 Å². The van der Waals surface area contributed by atoms with Crippen LogP contribution in [-0.4, -0.2) is 0 Å². The quantitative estimate of drug-likeness (QED) is 0.299. The van der Waals surface area contributed by atoms with E-state index >= 15 is 0 Å². The predicted molar refractivity (Wildman–Crippen MR) is 133 cm³/mol. The fourth-order valence-corrected chi connectivity index (χ4v) is 6.46. The third-order valence-corrected chi connectivity index (χ3v) is 7.73. The molecule has 4 aromatic carbocycles. The molecule has 0 fully saturated rings. The number of hydrogen-bond donors (Lipinski definition) is 0. The molecule has 0 saturated carbocycles. The molecule has 0 aromatic heterocycles. The highest BCUT2D eigenvalue weighted by Gasteiger charge is 2.53. The first-order valence-electron chi connectivity index (χ1n) is 11.6. The Hall–Kier alpha value is -3.64. The molecular formula is C32H24. The van der Waals surface area contributed by atoms with E-state index in [1.165, 1.54) is 55.7 Å². The van der Waals surface area contributed by atoms with Gasteiger partial charge in [0.15, 0.2) is 0 Å². The third kappa shape index (κ3) is 2.12. The molecule has 0 radical (unpaired) electrons. The van der Waals surface area contributed by atoms with Gasteiger partial charge in [-0.25, -0.2) is 0 Å². The van der Waals surface area contributed by atoms with Crippen LogP contribution < -0.4 is 0 Å². The van der Waals surface area contributed by atoms with Crippen molar-refractivity contribution in [2.45, 2.75) is 18.8 Å². The molecule has 0 N–H and O–H groups in total. The van der Waals surface area contributed by atoms with Gasteiger partial charge < -0.3 is 0 Å². The Bertz CT molecular complexity index is 1400.